The van der Waals surface area contributed by atoms with Crippen LogP contribution >= 0.6 is 11.3 Å². The van der Waals surface area contributed by atoms with Crippen molar-refractivity contribution in [1.82, 2.24) is 10.3 Å². The van der Waals surface area contributed by atoms with Crippen molar-refractivity contribution in [2.24, 2.45) is 0 Å². The van der Waals surface area contributed by atoms with Gasteiger partial charge in [-0.1, -0.05) is 24.3 Å². The number of nitrogens with zero attached hydrogens (tertiary/aromatic N) is 1. The van der Waals surface area contributed by atoms with Gasteiger partial charge in [0, 0.05) is 0 Å². The maximum Gasteiger partial charge on any atom is 0.347 e. The van der Waals surface area contributed by atoms with Crippen molar-refractivity contribution in [2.45, 2.75) is 38.1 Å². The Morgan fingerprint density at radius 2 is 2.17 bits per heavy atom. The lowest BCUT2D eigenvalue weighted by molar-refractivity contribution is -0.123. The predicted molar refractivity (Wildman–Crippen MR) is 87.8 cm³/mol. The molecule has 2 unspecified atom stereocenters. The molecule has 0 spiro atoms. The monoisotopic (exact) mass is 330 g/mol. The van der Waals surface area contributed by atoms with E-state index < -0.39 is 5.97 Å². The Kier molecular flexibility index (Phi) is 4.43. The van der Waals surface area contributed by atoms with Crippen LogP contribution < -0.4 is 5.32 Å². The molecule has 6 heteroatoms. The van der Waals surface area contributed by atoms with Gasteiger partial charge in [-0.15, -0.1) is 11.3 Å². The molecular weight excluding hydrogens is 312 g/mol. The second-order valence-electron chi connectivity index (χ2n) is 5.74. The number of benzene rings is 1. The first-order valence-corrected chi connectivity index (χ1v) is 8.45. The summed E-state index contributed by atoms with van der Waals surface area (Å²) in [7, 11) is 0. The van der Waals surface area contributed by atoms with Gasteiger partial charge in [-0.2, -0.15) is 0 Å². The zero-order valence-corrected chi connectivity index (χ0v) is 13.6. The average Bonchev–Trinajstić information content (AvgIpc) is 3.04. The Bertz CT molecular complexity index is 741. The molecule has 0 saturated heterocycles. The number of rotatable bonds is 4. The predicted octanol–water partition coefficient (Wildman–Crippen LogP) is 3.14. The van der Waals surface area contributed by atoms with E-state index in [0.29, 0.717) is 5.01 Å². The van der Waals surface area contributed by atoms with Crippen LogP contribution in [0.25, 0.3) is 0 Å². The Morgan fingerprint density at radius 3 is 2.91 bits per heavy atom. The van der Waals surface area contributed by atoms with E-state index in [2.05, 4.69) is 16.4 Å². The normalized spacial score (nSPS) is 18.0. The lowest BCUT2D eigenvalue weighted by atomic mass is 9.82. The average molecular weight is 330 g/mol. The molecule has 0 fully saturated rings. The van der Waals surface area contributed by atoms with Gasteiger partial charge in [0.25, 0.3) is 0 Å². The Hall–Kier alpha value is -2.21. The molecule has 1 amide bonds. The van der Waals surface area contributed by atoms with Gasteiger partial charge in [0.2, 0.25) is 5.91 Å². The van der Waals surface area contributed by atoms with Crippen LogP contribution in [0.5, 0.6) is 0 Å². The zero-order valence-electron chi connectivity index (χ0n) is 12.8. The minimum absolute atomic E-state index is 0.0169. The van der Waals surface area contributed by atoms with E-state index in [0.717, 1.165) is 36.2 Å². The summed E-state index contributed by atoms with van der Waals surface area (Å²) < 4.78 is 0. The van der Waals surface area contributed by atoms with E-state index in [1.807, 2.05) is 25.1 Å². The summed E-state index contributed by atoms with van der Waals surface area (Å²) in [5.41, 5.74) is 2.35. The van der Waals surface area contributed by atoms with Gasteiger partial charge in [0.15, 0.2) is 0 Å². The number of aromatic nitrogens is 1. The molecule has 1 aliphatic rings. The Balaban J connectivity index is 1.73. The molecule has 5 nitrogen and oxygen atoms in total. The van der Waals surface area contributed by atoms with Gasteiger partial charge in [-0.25, -0.2) is 9.78 Å². The fourth-order valence-electron chi connectivity index (χ4n) is 2.99. The van der Waals surface area contributed by atoms with Crippen LogP contribution in [0.4, 0.5) is 0 Å². The lowest BCUT2D eigenvalue weighted by Gasteiger charge is -2.25. The molecule has 2 aromatic rings. The van der Waals surface area contributed by atoms with E-state index >= 15 is 0 Å². The number of thiazole rings is 1. The molecule has 0 bridgehead atoms. The third kappa shape index (κ3) is 3.27. The van der Waals surface area contributed by atoms with Gasteiger partial charge >= 0.3 is 5.97 Å². The topological polar surface area (TPSA) is 79.3 Å². The van der Waals surface area contributed by atoms with Crippen LogP contribution in [-0.2, 0) is 11.2 Å². The number of aryl methyl sites for hydroxylation is 1. The van der Waals surface area contributed by atoms with E-state index in [4.69, 9.17) is 5.11 Å². The molecule has 2 N–H and O–H groups in total. The van der Waals surface area contributed by atoms with Gasteiger partial charge in [-0.3, -0.25) is 4.79 Å². The summed E-state index contributed by atoms with van der Waals surface area (Å²) >= 11 is 1.10. The van der Waals surface area contributed by atoms with Gasteiger partial charge in [-0.05, 0) is 37.3 Å². The van der Waals surface area contributed by atoms with E-state index in [1.54, 1.807) is 0 Å². The summed E-state index contributed by atoms with van der Waals surface area (Å²) in [4.78, 5) is 27.8. The molecule has 3 rings (SSSR count). The van der Waals surface area contributed by atoms with Crippen molar-refractivity contribution in [2.75, 3.05) is 0 Å². The number of carbonyl (C=O) groups excluding carboxylic acids is 1. The number of aromatic carboxylic acids is 1. The molecule has 1 aromatic carbocycles. The SMILES string of the molecule is CC(NC(=O)C1CCCc2ccccc21)c1ncc(C(=O)O)s1. The highest BCUT2D eigenvalue weighted by Gasteiger charge is 2.27. The highest BCUT2D eigenvalue weighted by molar-refractivity contribution is 7.13. The maximum atomic E-state index is 12.6. The number of nitrogens with one attached hydrogen (secondary N) is 1. The number of carboxylic acids is 1. The summed E-state index contributed by atoms with van der Waals surface area (Å²) in [6.07, 6.45) is 4.20. The fraction of sp³-hybridized carbons (Fsp3) is 0.353. The molecule has 0 aliphatic heterocycles. The molecule has 0 saturated carbocycles. The largest absolute Gasteiger partial charge is 0.477 e. The highest BCUT2D eigenvalue weighted by atomic mass is 32.1. The van der Waals surface area contributed by atoms with Crippen molar-refractivity contribution in [1.29, 1.82) is 0 Å². The molecule has 1 heterocycles. The zero-order chi connectivity index (χ0) is 16.4. The van der Waals surface area contributed by atoms with Crippen LogP contribution in [-0.4, -0.2) is 22.0 Å². The summed E-state index contributed by atoms with van der Waals surface area (Å²) in [6, 6.07) is 7.78. The highest BCUT2D eigenvalue weighted by Crippen LogP contribution is 2.32. The first-order chi connectivity index (χ1) is 11.1. The minimum atomic E-state index is -0.992. The second-order valence-corrected chi connectivity index (χ2v) is 6.80. The van der Waals surface area contributed by atoms with Crippen molar-refractivity contribution >= 4 is 23.2 Å². The van der Waals surface area contributed by atoms with Gasteiger partial charge in [0.05, 0.1) is 18.2 Å². The first kappa shape index (κ1) is 15.7. The number of fused-ring (bicyclic) bond motifs is 1. The number of amides is 1. The summed E-state index contributed by atoms with van der Waals surface area (Å²) in [6.45, 7) is 1.83. The van der Waals surface area contributed by atoms with Gasteiger partial charge in [0.1, 0.15) is 9.88 Å². The molecule has 120 valence electrons. The molecule has 1 aliphatic carbocycles. The van der Waals surface area contributed by atoms with Crippen molar-refractivity contribution in [3.8, 4) is 0 Å². The van der Waals surface area contributed by atoms with Crippen LogP contribution in [0.1, 0.15) is 57.5 Å². The number of carboxylic acid groups (broad SMARTS) is 1. The van der Waals surface area contributed by atoms with Crippen LogP contribution in [0.2, 0.25) is 0 Å². The molecule has 1 aromatic heterocycles. The van der Waals surface area contributed by atoms with E-state index in [-0.39, 0.29) is 22.7 Å². The summed E-state index contributed by atoms with van der Waals surface area (Å²) in [5.74, 6) is -1.15. The molecule has 2 atom stereocenters. The van der Waals surface area contributed by atoms with Crippen molar-refractivity contribution in [3.05, 3.63) is 51.5 Å². The third-order valence-corrected chi connectivity index (χ3v) is 5.32. The maximum absolute atomic E-state index is 12.6. The van der Waals surface area contributed by atoms with Crippen LogP contribution in [0.15, 0.2) is 30.5 Å². The summed E-state index contributed by atoms with van der Waals surface area (Å²) in [5, 5.41) is 12.5. The van der Waals surface area contributed by atoms with Crippen molar-refractivity contribution in [3.63, 3.8) is 0 Å². The molecule has 0 radical (unpaired) electrons. The number of hydrogen-bond donors (Lipinski definition) is 2. The lowest BCUT2D eigenvalue weighted by Crippen LogP contribution is -2.33. The molecular formula is C17H18N2O3S. The first-order valence-electron chi connectivity index (χ1n) is 7.63. The third-order valence-electron chi connectivity index (χ3n) is 4.15. The standard InChI is InChI=1S/C17H18N2O3S/c1-10(16-18-9-14(23-16)17(21)22)19-15(20)13-8-4-6-11-5-2-3-7-12(11)13/h2-3,5,7,9-10,13H,4,6,8H2,1H3,(H,19,20)(H,21,22). The van der Waals surface area contributed by atoms with E-state index in [1.165, 1.54) is 11.8 Å². The second kappa shape index (κ2) is 6.50. The van der Waals surface area contributed by atoms with Crippen LogP contribution in [0.3, 0.4) is 0 Å². The smallest absolute Gasteiger partial charge is 0.347 e. The Morgan fingerprint density at radius 1 is 1.39 bits per heavy atom. The molecule has 23 heavy (non-hydrogen) atoms. The Labute approximate surface area is 138 Å². The fourth-order valence-corrected chi connectivity index (χ4v) is 3.75. The van der Waals surface area contributed by atoms with Crippen molar-refractivity contribution < 1.29 is 14.7 Å². The number of carbonyl (C=O) groups is 2. The van der Waals surface area contributed by atoms with Crippen LogP contribution in [0, 0.1) is 0 Å². The number of hydrogen-bond acceptors (Lipinski definition) is 4. The van der Waals surface area contributed by atoms with E-state index in [9.17, 15) is 9.59 Å². The minimum Gasteiger partial charge on any atom is -0.477 e. The van der Waals surface area contributed by atoms with Gasteiger partial charge < -0.3 is 10.4 Å². The quantitative estimate of drug-likeness (QED) is 0.902.